The molecule has 0 radical (unpaired) electrons. The fourth-order valence-corrected chi connectivity index (χ4v) is 25.2. The van der Waals surface area contributed by atoms with Gasteiger partial charge in [0.15, 0.2) is 0 Å². The normalized spacial score (nSPS) is 12.3. The molecule has 0 spiro atoms. The first-order valence-corrected chi connectivity index (χ1v) is 45.1. The number of benzene rings is 18. The van der Waals surface area contributed by atoms with Crippen LogP contribution in [-0.2, 0) is 0 Å². The number of hydrogen-bond donors (Lipinski definition) is 0. The van der Waals surface area contributed by atoms with E-state index in [1.165, 1.54) is 214 Å². The van der Waals surface area contributed by atoms with Crippen LogP contribution < -0.4 is 0 Å². The zero-order valence-corrected chi connectivity index (χ0v) is 69.7. The van der Waals surface area contributed by atoms with Crippen molar-refractivity contribution in [3.8, 4) is 118 Å². The fraction of sp³-hybridized carbons (Fsp3) is 0. The van der Waals surface area contributed by atoms with Gasteiger partial charge in [0.05, 0.1) is 50.2 Å². The van der Waals surface area contributed by atoms with Crippen LogP contribution in [0.15, 0.2) is 389 Å². The highest BCUT2D eigenvalue weighted by atomic mass is 32.1. The molecular formula is C115H64N8S3. The van der Waals surface area contributed by atoms with Gasteiger partial charge in [-0.15, -0.1) is 34.0 Å². The quantitative estimate of drug-likeness (QED) is 0.166. The second-order valence-electron chi connectivity index (χ2n) is 33.0. The highest BCUT2D eigenvalue weighted by molar-refractivity contribution is 7.28. The second-order valence-corrected chi connectivity index (χ2v) is 36.1. The number of aromatic nitrogens is 8. The first-order chi connectivity index (χ1) is 62.6. The highest BCUT2D eigenvalue weighted by Crippen LogP contribution is 2.59. The van der Waals surface area contributed by atoms with Gasteiger partial charge in [0.1, 0.15) is 5.82 Å². The molecule has 0 saturated carbocycles. The first-order valence-electron chi connectivity index (χ1n) is 42.7. The molecule has 27 aromatic rings. The molecule has 582 valence electrons. The topological polar surface area (TPSA) is 79.2 Å². The Morgan fingerprint density at radius 2 is 0.484 bits per heavy atom. The second kappa shape index (κ2) is 26.8. The lowest BCUT2D eigenvalue weighted by Gasteiger charge is -2.15. The van der Waals surface area contributed by atoms with E-state index in [0.29, 0.717) is 11.9 Å². The Morgan fingerprint density at radius 1 is 0.190 bits per heavy atom. The minimum Gasteiger partial charge on any atom is -0.293 e. The molecule has 0 fully saturated rings. The SMILES string of the molecule is c1ccc(-c2cc(-c3ccccc3)nc(-n3c4cccc5c4c4c6c(cccc6c6sc7ccccc7c6c43)-c3ccccc3-5)n2)cc1.c1ccc(-c2cccc(-n3c4cccc5c4c4c6c(cccc6c6sc7ccccc7c6c43)-c3ccccc3-5)n2)cc1.c1cnc(-n2c3cccc4c3c3c5c(cccc5c5sc6ccccc6c5c32)-c2ccccc2-4)nc1. The van der Waals surface area contributed by atoms with Crippen molar-refractivity contribution in [3.63, 3.8) is 0 Å². The van der Waals surface area contributed by atoms with E-state index in [-0.39, 0.29) is 0 Å². The van der Waals surface area contributed by atoms with Crippen LogP contribution in [0.4, 0.5) is 0 Å². The molecule has 8 nitrogen and oxygen atoms in total. The third-order valence-corrected chi connectivity index (χ3v) is 30.1. The van der Waals surface area contributed by atoms with E-state index in [1.54, 1.807) is 0 Å². The molecule has 0 aliphatic heterocycles. The molecule has 0 amide bonds. The molecule has 18 aromatic carbocycles. The van der Waals surface area contributed by atoms with E-state index in [9.17, 15) is 0 Å². The minimum atomic E-state index is 0.676. The summed E-state index contributed by atoms with van der Waals surface area (Å²) < 4.78 is 14.9. The molecule has 0 bridgehead atoms. The molecule has 0 unspecified atom stereocenters. The van der Waals surface area contributed by atoms with Crippen LogP contribution in [0.3, 0.4) is 0 Å². The summed E-state index contributed by atoms with van der Waals surface area (Å²) >= 11 is 5.67. The highest BCUT2D eigenvalue weighted by Gasteiger charge is 2.34. The fourth-order valence-electron chi connectivity index (χ4n) is 21.5. The van der Waals surface area contributed by atoms with Gasteiger partial charge in [-0.3, -0.25) is 13.7 Å². The van der Waals surface area contributed by atoms with Crippen LogP contribution in [0.2, 0.25) is 0 Å². The summed E-state index contributed by atoms with van der Waals surface area (Å²) in [4.78, 5) is 25.6. The smallest absolute Gasteiger partial charge is 0.235 e. The maximum atomic E-state index is 5.39. The molecule has 9 heterocycles. The number of fused-ring (bicyclic) bond motifs is 24. The van der Waals surface area contributed by atoms with Crippen molar-refractivity contribution in [1.29, 1.82) is 0 Å². The predicted molar refractivity (Wildman–Crippen MR) is 532 cm³/mol. The van der Waals surface area contributed by atoms with Crippen LogP contribution in [0.1, 0.15) is 0 Å². The van der Waals surface area contributed by atoms with Crippen molar-refractivity contribution in [2.75, 3.05) is 0 Å². The number of hydrogen-bond acceptors (Lipinski definition) is 8. The molecule has 9 aromatic heterocycles. The molecule has 0 saturated heterocycles. The van der Waals surface area contributed by atoms with E-state index in [0.717, 1.165) is 50.6 Å². The monoisotopic (exact) mass is 1650 g/mol. The zero-order chi connectivity index (χ0) is 82.1. The lowest BCUT2D eigenvalue weighted by atomic mass is 9.93. The number of thiophene rings is 3. The van der Waals surface area contributed by atoms with Crippen molar-refractivity contribution >= 4 is 192 Å². The van der Waals surface area contributed by atoms with Gasteiger partial charge in [-0.05, 0) is 127 Å². The molecule has 3 aliphatic carbocycles. The maximum Gasteiger partial charge on any atom is 0.235 e. The summed E-state index contributed by atoms with van der Waals surface area (Å²) in [6.45, 7) is 0. The van der Waals surface area contributed by atoms with E-state index >= 15 is 0 Å². The Bertz CT molecular complexity index is 9370. The van der Waals surface area contributed by atoms with E-state index in [4.69, 9.17) is 24.9 Å². The largest absolute Gasteiger partial charge is 0.293 e. The van der Waals surface area contributed by atoms with Crippen LogP contribution >= 0.6 is 34.0 Å². The van der Waals surface area contributed by atoms with Crippen LogP contribution in [0.25, 0.3) is 276 Å². The van der Waals surface area contributed by atoms with E-state index in [1.807, 2.05) is 52.5 Å². The van der Waals surface area contributed by atoms with Crippen LogP contribution in [-0.4, -0.2) is 38.6 Å². The predicted octanol–water partition coefficient (Wildman–Crippen LogP) is 31.8. The summed E-state index contributed by atoms with van der Waals surface area (Å²) in [5, 5.41) is 23.3. The Labute approximate surface area is 732 Å². The molecular weight excluding hydrogens is 1590 g/mol. The van der Waals surface area contributed by atoms with Gasteiger partial charge in [-0.25, -0.2) is 24.9 Å². The standard InChI is InChI=1S/C44H25N3S.C39H22N2S.C32H17N3S/c1-3-13-26(14-4-1)34-25-35(27-15-5-2-6-16-27)46-44(45-34)47-36-23-12-21-31-29-18-8-7-17-28(29)30-20-11-22-33-38(30)41(39(31)36)42(47)40-32-19-9-10-24-37(32)48-43(33)40;1-2-11-23(12-3-1)30-19-10-22-33(40-30)41-31-20-9-17-27-25-14-5-4-13-24(25)26-16-8-18-29-34(26)37(35(27)31)38(41)36-28-15-6-7-21-32(28)42-39(29)36;1-2-9-19-18(8-1)20-11-5-13-23-26(20)29-27-21(19)12-6-14-24(27)35(32-33-16-7-17-34-32)30(29)28-22-10-3-4-15-25(22)36-31(23)28/h1-25H;1-22H;1-17H. The van der Waals surface area contributed by atoms with Crippen LogP contribution in [0.5, 0.6) is 0 Å². The van der Waals surface area contributed by atoms with Crippen molar-refractivity contribution in [1.82, 2.24) is 38.6 Å². The molecule has 126 heavy (non-hydrogen) atoms. The maximum absolute atomic E-state index is 5.39. The Kier molecular flexibility index (Phi) is 14.8. The minimum absolute atomic E-state index is 0.676. The third kappa shape index (κ3) is 9.78. The van der Waals surface area contributed by atoms with Gasteiger partial charge in [-0.1, -0.05) is 315 Å². The van der Waals surface area contributed by atoms with Crippen LogP contribution in [0, 0.1) is 0 Å². The Morgan fingerprint density at radius 3 is 0.873 bits per heavy atom. The molecule has 11 heteroatoms. The van der Waals surface area contributed by atoms with Gasteiger partial charge < -0.3 is 0 Å². The summed E-state index contributed by atoms with van der Waals surface area (Å²) in [5.41, 5.74) is 28.4. The summed E-state index contributed by atoms with van der Waals surface area (Å²) in [7, 11) is 0. The number of nitrogens with zero attached hydrogens (tertiary/aromatic N) is 8. The van der Waals surface area contributed by atoms with Gasteiger partial charge >= 0.3 is 0 Å². The molecule has 0 N–H and O–H groups in total. The molecule has 0 atom stereocenters. The summed E-state index contributed by atoms with van der Waals surface area (Å²) in [6.07, 6.45) is 3.67. The van der Waals surface area contributed by atoms with Gasteiger partial charge in [0, 0.05) is 154 Å². The van der Waals surface area contributed by atoms with Gasteiger partial charge in [-0.2, -0.15) is 0 Å². The van der Waals surface area contributed by atoms with Crippen molar-refractivity contribution in [3.05, 3.63) is 389 Å². The average molecular weight is 1650 g/mol. The summed E-state index contributed by atoms with van der Waals surface area (Å²) in [5.74, 6) is 2.32. The third-order valence-electron chi connectivity index (χ3n) is 26.5. The van der Waals surface area contributed by atoms with E-state index in [2.05, 4.69) is 384 Å². The lowest BCUT2D eigenvalue weighted by Crippen LogP contribution is -2.04. The zero-order valence-electron chi connectivity index (χ0n) is 67.3. The number of rotatable bonds is 6. The Balaban J connectivity index is 0.0000000971. The van der Waals surface area contributed by atoms with Crippen molar-refractivity contribution in [2.24, 2.45) is 0 Å². The summed E-state index contributed by atoms with van der Waals surface area (Å²) in [6, 6.07) is 136. The van der Waals surface area contributed by atoms with Crippen molar-refractivity contribution < 1.29 is 0 Å². The van der Waals surface area contributed by atoms with Crippen molar-refractivity contribution in [2.45, 2.75) is 0 Å². The van der Waals surface area contributed by atoms with Gasteiger partial charge in [0.2, 0.25) is 11.9 Å². The van der Waals surface area contributed by atoms with E-state index < -0.39 is 0 Å². The van der Waals surface area contributed by atoms with Gasteiger partial charge in [0.25, 0.3) is 0 Å². The number of pyridine rings is 1. The lowest BCUT2D eigenvalue weighted by molar-refractivity contribution is 0.991. The Hall–Kier alpha value is -15.9. The molecule has 3 aliphatic rings. The molecule has 30 rings (SSSR count). The first kappa shape index (κ1) is 69.7. The average Bonchev–Trinajstić information content (AvgIpc) is 1.53.